The zero-order valence-corrected chi connectivity index (χ0v) is 11.3. The number of methoxy groups -OCH3 is 1. The van der Waals surface area contributed by atoms with E-state index < -0.39 is 0 Å². The van der Waals surface area contributed by atoms with Crippen LogP contribution in [0.3, 0.4) is 0 Å². The summed E-state index contributed by atoms with van der Waals surface area (Å²) in [6.07, 6.45) is 1.85. The van der Waals surface area contributed by atoms with E-state index in [1.54, 1.807) is 12.2 Å². The third-order valence-corrected chi connectivity index (χ3v) is 2.58. The Balaban J connectivity index is 2.81. The Morgan fingerprint density at radius 2 is 2.06 bits per heavy atom. The van der Waals surface area contributed by atoms with Crippen molar-refractivity contribution in [2.75, 3.05) is 25.3 Å². The van der Waals surface area contributed by atoms with Crippen LogP contribution in [-0.4, -0.2) is 26.2 Å². The second-order valence-electron chi connectivity index (χ2n) is 4.00. The van der Waals surface area contributed by atoms with Crippen molar-refractivity contribution in [3.63, 3.8) is 0 Å². The lowest BCUT2D eigenvalue weighted by Crippen LogP contribution is -2.26. The van der Waals surface area contributed by atoms with Crippen molar-refractivity contribution in [3.8, 4) is 0 Å². The van der Waals surface area contributed by atoms with Crippen molar-refractivity contribution < 1.29 is 14.4 Å². The molecular formula is C14H21NO3. The molecule has 0 aliphatic carbocycles. The Hall–Kier alpha value is -1.55. The molecule has 0 saturated carbocycles. The van der Waals surface area contributed by atoms with Crippen LogP contribution in [0.1, 0.15) is 25.8 Å². The zero-order chi connectivity index (χ0) is 13.4. The molecule has 1 aromatic rings. The topological polar surface area (TPSA) is 38.8 Å². The van der Waals surface area contributed by atoms with Crippen molar-refractivity contribution >= 4 is 11.7 Å². The molecule has 0 atom stereocenters. The van der Waals surface area contributed by atoms with Gasteiger partial charge in [-0.2, -0.15) is 0 Å². The van der Waals surface area contributed by atoms with Crippen LogP contribution in [0.15, 0.2) is 24.3 Å². The third-order valence-electron chi connectivity index (χ3n) is 2.58. The van der Waals surface area contributed by atoms with Crippen molar-refractivity contribution in [3.05, 3.63) is 29.8 Å². The molecule has 1 rings (SSSR count). The van der Waals surface area contributed by atoms with Gasteiger partial charge in [0, 0.05) is 20.6 Å². The van der Waals surface area contributed by atoms with E-state index in [4.69, 9.17) is 9.57 Å². The first kappa shape index (κ1) is 14.5. The maximum atomic E-state index is 11.1. The maximum Gasteiger partial charge on any atom is 0.329 e. The minimum absolute atomic E-state index is 0.302. The lowest BCUT2D eigenvalue weighted by atomic mass is 10.1. The summed E-state index contributed by atoms with van der Waals surface area (Å²) in [7, 11) is 1.70. The number of nitrogens with zero attached hydrogens (tertiary/aromatic N) is 1. The van der Waals surface area contributed by atoms with Crippen LogP contribution in [0.25, 0.3) is 0 Å². The second-order valence-corrected chi connectivity index (χ2v) is 4.00. The Morgan fingerprint density at radius 3 is 2.67 bits per heavy atom. The Labute approximate surface area is 108 Å². The number of hydroxylamine groups is 1. The van der Waals surface area contributed by atoms with Crippen LogP contribution in [-0.2, 0) is 20.8 Å². The Kier molecular flexibility index (Phi) is 6.22. The minimum Gasteiger partial charge on any atom is -0.385 e. The number of rotatable bonds is 7. The molecule has 0 spiro atoms. The number of carbonyl (C=O) groups is 1. The molecule has 0 fully saturated rings. The van der Waals surface area contributed by atoms with Crippen LogP contribution < -0.4 is 5.06 Å². The smallest absolute Gasteiger partial charge is 0.329 e. The van der Waals surface area contributed by atoms with Gasteiger partial charge in [0.15, 0.2) is 0 Å². The van der Waals surface area contributed by atoms with Gasteiger partial charge in [-0.05, 0) is 31.4 Å². The van der Waals surface area contributed by atoms with Gasteiger partial charge in [-0.3, -0.25) is 4.79 Å². The number of benzene rings is 1. The van der Waals surface area contributed by atoms with E-state index in [1.165, 1.54) is 6.92 Å². The van der Waals surface area contributed by atoms with Crippen LogP contribution in [0.2, 0.25) is 0 Å². The minimum atomic E-state index is -0.302. The molecule has 0 aliphatic rings. The van der Waals surface area contributed by atoms with Gasteiger partial charge < -0.3 is 9.57 Å². The number of anilines is 1. The first-order chi connectivity index (χ1) is 8.69. The molecule has 4 nitrogen and oxygen atoms in total. The summed E-state index contributed by atoms with van der Waals surface area (Å²) in [5, 5.41) is 1.63. The third kappa shape index (κ3) is 4.37. The monoisotopic (exact) mass is 251 g/mol. The largest absolute Gasteiger partial charge is 0.385 e. The van der Waals surface area contributed by atoms with Crippen LogP contribution in [0.5, 0.6) is 0 Å². The molecule has 0 N–H and O–H groups in total. The highest BCUT2D eigenvalue weighted by Crippen LogP contribution is 2.22. The van der Waals surface area contributed by atoms with Gasteiger partial charge in [0.2, 0.25) is 0 Å². The molecule has 1 aromatic carbocycles. The predicted molar refractivity (Wildman–Crippen MR) is 71.4 cm³/mol. The zero-order valence-electron chi connectivity index (χ0n) is 11.3. The van der Waals surface area contributed by atoms with Crippen molar-refractivity contribution in [2.45, 2.75) is 26.7 Å². The number of aryl methyl sites for hydroxylation is 1. The lowest BCUT2D eigenvalue weighted by molar-refractivity contribution is -0.142. The van der Waals surface area contributed by atoms with E-state index >= 15 is 0 Å². The molecule has 0 heterocycles. The SMILES string of the molecule is CCN(OC(C)=O)c1ccccc1CCCOC. The quantitative estimate of drug-likeness (QED) is 0.551. The lowest BCUT2D eigenvalue weighted by Gasteiger charge is -2.23. The Morgan fingerprint density at radius 1 is 1.33 bits per heavy atom. The first-order valence-electron chi connectivity index (χ1n) is 6.22. The summed E-state index contributed by atoms with van der Waals surface area (Å²) >= 11 is 0. The highest BCUT2D eigenvalue weighted by atomic mass is 16.7. The highest BCUT2D eigenvalue weighted by molar-refractivity contribution is 5.68. The predicted octanol–water partition coefficient (Wildman–Crippen LogP) is 2.57. The summed E-state index contributed by atoms with van der Waals surface area (Å²) in [5.74, 6) is -0.302. The molecule has 0 aliphatic heterocycles. The molecule has 0 bridgehead atoms. The van der Waals surface area contributed by atoms with Gasteiger partial charge in [0.25, 0.3) is 0 Å². The fourth-order valence-corrected chi connectivity index (χ4v) is 1.81. The van der Waals surface area contributed by atoms with Crippen LogP contribution >= 0.6 is 0 Å². The average Bonchev–Trinajstić information content (AvgIpc) is 2.37. The molecule has 4 heteroatoms. The molecule has 18 heavy (non-hydrogen) atoms. The summed E-state index contributed by atoms with van der Waals surface area (Å²) in [6.45, 7) is 4.72. The fourth-order valence-electron chi connectivity index (χ4n) is 1.81. The van der Waals surface area contributed by atoms with Gasteiger partial charge in [-0.15, -0.1) is 0 Å². The average molecular weight is 251 g/mol. The van der Waals surface area contributed by atoms with E-state index in [1.807, 2.05) is 25.1 Å². The fraction of sp³-hybridized carbons (Fsp3) is 0.500. The normalized spacial score (nSPS) is 10.2. The summed E-state index contributed by atoms with van der Waals surface area (Å²) in [4.78, 5) is 16.3. The summed E-state index contributed by atoms with van der Waals surface area (Å²) < 4.78 is 5.06. The standard InChI is InChI=1S/C14H21NO3/c1-4-15(18-12(2)16)14-10-6-5-8-13(14)9-7-11-17-3/h5-6,8,10H,4,7,9,11H2,1-3H3. The molecule has 0 amide bonds. The van der Waals surface area contributed by atoms with E-state index in [9.17, 15) is 4.79 Å². The van der Waals surface area contributed by atoms with Crippen LogP contribution in [0, 0.1) is 0 Å². The molecule has 0 unspecified atom stereocenters. The van der Waals surface area contributed by atoms with Crippen LogP contribution in [0.4, 0.5) is 5.69 Å². The van der Waals surface area contributed by atoms with E-state index in [0.29, 0.717) is 6.54 Å². The molecule has 100 valence electrons. The molecule has 0 radical (unpaired) electrons. The van der Waals surface area contributed by atoms with Crippen molar-refractivity contribution in [2.24, 2.45) is 0 Å². The van der Waals surface area contributed by atoms with Gasteiger partial charge >= 0.3 is 5.97 Å². The van der Waals surface area contributed by atoms with Crippen molar-refractivity contribution in [1.82, 2.24) is 0 Å². The maximum absolute atomic E-state index is 11.1. The van der Waals surface area contributed by atoms with E-state index in [-0.39, 0.29) is 5.97 Å². The summed E-state index contributed by atoms with van der Waals surface area (Å²) in [5.41, 5.74) is 2.11. The number of ether oxygens (including phenoxy) is 1. The number of para-hydroxylation sites is 1. The molecular weight excluding hydrogens is 230 g/mol. The molecule has 0 aromatic heterocycles. The van der Waals surface area contributed by atoms with Crippen molar-refractivity contribution in [1.29, 1.82) is 0 Å². The van der Waals surface area contributed by atoms with Gasteiger partial charge in [0.05, 0.1) is 12.2 Å². The van der Waals surface area contributed by atoms with Gasteiger partial charge in [-0.1, -0.05) is 18.2 Å². The number of hydrogen-bond donors (Lipinski definition) is 0. The molecule has 0 saturated heterocycles. The number of hydrogen-bond acceptors (Lipinski definition) is 4. The van der Waals surface area contributed by atoms with E-state index in [2.05, 4.69) is 6.07 Å². The number of carbonyl (C=O) groups excluding carboxylic acids is 1. The highest BCUT2D eigenvalue weighted by Gasteiger charge is 2.11. The summed E-state index contributed by atoms with van der Waals surface area (Å²) in [6, 6.07) is 7.96. The van der Waals surface area contributed by atoms with Gasteiger partial charge in [0.1, 0.15) is 0 Å². The van der Waals surface area contributed by atoms with Gasteiger partial charge in [-0.25, -0.2) is 5.06 Å². The Bertz CT molecular complexity index is 379. The van der Waals surface area contributed by atoms with E-state index in [0.717, 1.165) is 30.7 Å². The first-order valence-corrected chi connectivity index (χ1v) is 6.22. The second kappa shape index (κ2) is 7.71.